The normalized spacial score (nSPS) is 23.8. The van der Waals surface area contributed by atoms with Crippen LogP contribution in [0.15, 0.2) is 6.20 Å². The van der Waals surface area contributed by atoms with Crippen molar-refractivity contribution < 1.29 is 4.74 Å². The van der Waals surface area contributed by atoms with Crippen LogP contribution in [0.25, 0.3) is 0 Å². The molecule has 0 amide bonds. The number of nitrogens with two attached hydrogens (primary N) is 1. The zero-order chi connectivity index (χ0) is 12.4. The van der Waals surface area contributed by atoms with Crippen molar-refractivity contribution >= 4 is 23.4 Å². The molecule has 3 N–H and O–H groups in total. The third kappa shape index (κ3) is 2.43. The maximum absolute atomic E-state index is 6.10. The van der Waals surface area contributed by atoms with Gasteiger partial charge in [-0.25, -0.2) is 10.8 Å². The Morgan fingerprint density at radius 2 is 2.41 bits per heavy atom. The summed E-state index contributed by atoms with van der Waals surface area (Å²) in [5.74, 6) is 6.30. The number of likely N-dealkylation sites (N-methyl/N-ethyl adjacent to an activating group) is 1. The molecule has 17 heavy (non-hydrogen) atoms. The summed E-state index contributed by atoms with van der Waals surface area (Å²) >= 11 is 6.10. The predicted molar refractivity (Wildman–Crippen MR) is 67.1 cm³/mol. The van der Waals surface area contributed by atoms with E-state index in [2.05, 4.69) is 15.4 Å². The molecule has 1 saturated heterocycles. The molecule has 2 heterocycles. The number of hydrazine groups is 1. The first kappa shape index (κ1) is 12.3. The lowest BCUT2D eigenvalue weighted by atomic mass is 10.1. The molecule has 6 nitrogen and oxygen atoms in total. The first-order chi connectivity index (χ1) is 8.13. The molecule has 2 atom stereocenters. The van der Waals surface area contributed by atoms with Crippen LogP contribution in [-0.2, 0) is 4.74 Å². The average Bonchev–Trinajstić information content (AvgIpc) is 2.75. The highest BCUT2D eigenvalue weighted by atomic mass is 35.5. The molecule has 1 aromatic heterocycles. The van der Waals surface area contributed by atoms with Gasteiger partial charge in [0.2, 0.25) is 5.95 Å². The first-order valence-corrected chi connectivity index (χ1v) is 5.85. The number of ether oxygens (including phenoxy) is 1. The Morgan fingerprint density at radius 1 is 1.65 bits per heavy atom. The molecule has 1 aliphatic rings. The van der Waals surface area contributed by atoms with Crippen LogP contribution in [0.3, 0.4) is 0 Å². The highest BCUT2D eigenvalue weighted by Crippen LogP contribution is 2.28. The van der Waals surface area contributed by atoms with E-state index in [0.29, 0.717) is 16.8 Å². The lowest BCUT2D eigenvalue weighted by Gasteiger charge is -2.28. The van der Waals surface area contributed by atoms with Crippen molar-refractivity contribution in [1.82, 2.24) is 9.97 Å². The zero-order valence-electron chi connectivity index (χ0n) is 9.85. The van der Waals surface area contributed by atoms with Gasteiger partial charge in [0.05, 0.1) is 18.3 Å². The number of nitrogen functional groups attached to an aromatic ring is 1. The van der Waals surface area contributed by atoms with Crippen molar-refractivity contribution in [2.24, 2.45) is 5.84 Å². The fraction of sp³-hybridized carbons (Fsp3) is 0.600. The standard InChI is InChI=1S/C10H16ClN5O/c1-6-8(3-4-17-6)16(2)9-7(11)5-13-10(14-9)15-12/h5-6,8H,3-4,12H2,1-2H3,(H,13,14,15). The van der Waals surface area contributed by atoms with E-state index in [0.717, 1.165) is 13.0 Å². The largest absolute Gasteiger partial charge is 0.376 e. The van der Waals surface area contributed by atoms with Crippen LogP contribution in [0, 0.1) is 0 Å². The SMILES string of the molecule is CC1OCCC1N(C)c1nc(NN)ncc1Cl. The quantitative estimate of drug-likeness (QED) is 0.622. The van der Waals surface area contributed by atoms with Crippen LogP contribution >= 0.6 is 11.6 Å². The molecule has 7 heteroatoms. The Kier molecular flexibility index (Phi) is 3.66. The van der Waals surface area contributed by atoms with E-state index in [1.807, 2.05) is 18.9 Å². The predicted octanol–water partition coefficient (Wildman–Crippen LogP) is 1.03. The number of nitrogens with one attached hydrogen (secondary N) is 1. The van der Waals surface area contributed by atoms with Crippen LogP contribution in [0.1, 0.15) is 13.3 Å². The second-order valence-electron chi connectivity index (χ2n) is 4.05. The van der Waals surface area contributed by atoms with Crippen molar-refractivity contribution in [3.63, 3.8) is 0 Å². The van der Waals surface area contributed by atoms with Gasteiger partial charge in [0, 0.05) is 13.7 Å². The molecule has 94 valence electrons. The molecule has 2 rings (SSSR count). The monoisotopic (exact) mass is 257 g/mol. The molecule has 1 aliphatic heterocycles. The van der Waals surface area contributed by atoms with Gasteiger partial charge in [-0.05, 0) is 13.3 Å². The van der Waals surface area contributed by atoms with Crippen LogP contribution < -0.4 is 16.2 Å². The summed E-state index contributed by atoms with van der Waals surface area (Å²) in [6.45, 7) is 2.81. The molecule has 0 aromatic carbocycles. The number of anilines is 2. The van der Waals surface area contributed by atoms with Crippen LogP contribution in [0.4, 0.5) is 11.8 Å². The third-order valence-corrected chi connectivity index (χ3v) is 3.29. The Bertz CT molecular complexity index is 402. The topological polar surface area (TPSA) is 76.3 Å². The highest BCUT2D eigenvalue weighted by Gasteiger charge is 2.29. The maximum Gasteiger partial charge on any atom is 0.239 e. The molecule has 2 unspecified atom stereocenters. The van der Waals surface area contributed by atoms with Crippen molar-refractivity contribution in [3.05, 3.63) is 11.2 Å². The van der Waals surface area contributed by atoms with Gasteiger partial charge < -0.3 is 9.64 Å². The van der Waals surface area contributed by atoms with Crippen molar-refractivity contribution in [1.29, 1.82) is 0 Å². The third-order valence-electron chi connectivity index (χ3n) is 3.02. The van der Waals surface area contributed by atoms with Crippen LogP contribution in [0.2, 0.25) is 5.02 Å². The molecule has 0 bridgehead atoms. The molecule has 0 saturated carbocycles. The summed E-state index contributed by atoms with van der Waals surface area (Å²) < 4.78 is 5.54. The van der Waals surface area contributed by atoms with Crippen molar-refractivity contribution in [3.8, 4) is 0 Å². The Balaban J connectivity index is 2.26. The first-order valence-electron chi connectivity index (χ1n) is 5.47. The molecule has 1 fully saturated rings. The van der Waals surface area contributed by atoms with E-state index < -0.39 is 0 Å². The number of nitrogens with zero attached hydrogens (tertiary/aromatic N) is 3. The highest BCUT2D eigenvalue weighted by molar-refractivity contribution is 6.32. The number of hydrogen-bond acceptors (Lipinski definition) is 6. The number of aromatic nitrogens is 2. The minimum absolute atomic E-state index is 0.167. The summed E-state index contributed by atoms with van der Waals surface area (Å²) in [6, 6.07) is 0.271. The Labute approximate surface area is 105 Å². The maximum atomic E-state index is 6.10. The van der Waals surface area contributed by atoms with Gasteiger partial charge in [0.1, 0.15) is 5.02 Å². The van der Waals surface area contributed by atoms with E-state index in [1.165, 1.54) is 6.20 Å². The van der Waals surface area contributed by atoms with Gasteiger partial charge in [0.25, 0.3) is 0 Å². The van der Waals surface area contributed by atoms with E-state index in [-0.39, 0.29) is 12.1 Å². The smallest absolute Gasteiger partial charge is 0.239 e. The fourth-order valence-electron chi connectivity index (χ4n) is 2.06. The second-order valence-corrected chi connectivity index (χ2v) is 4.46. The van der Waals surface area contributed by atoms with Gasteiger partial charge in [-0.1, -0.05) is 11.6 Å². The summed E-state index contributed by atoms with van der Waals surface area (Å²) in [4.78, 5) is 10.2. The van der Waals surface area contributed by atoms with E-state index >= 15 is 0 Å². The number of halogens is 1. The minimum atomic E-state index is 0.167. The second kappa shape index (κ2) is 5.03. The van der Waals surface area contributed by atoms with Gasteiger partial charge in [-0.15, -0.1) is 0 Å². The molecule has 0 radical (unpaired) electrons. The van der Waals surface area contributed by atoms with Crippen molar-refractivity contribution in [2.45, 2.75) is 25.5 Å². The molecule has 0 aliphatic carbocycles. The number of rotatable bonds is 3. The number of hydrogen-bond donors (Lipinski definition) is 2. The van der Waals surface area contributed by atoms with Gasteiger partial charge in [0.15, 0.2) is 5.82 Å². The fourth-order valence-corrected chi connectivity index (χ4v) is 2.29. The van der Waals surface area contributed by atoms with Crippen LogP contribution in [-0.4, -0.2) is 35.8 Å². The molecule has 1 aromatic rings. The summed E-state index contributed by atoms with van der Waals surface area (Å²) in [7, 11) is 1.95. The summed E-state index contributed by atoms with van der Waals surface area (Å²) in [5.41, 5.74) is 2.41. The minimum Gasteiger partial charge on any atom is -0.376 e. The summed E-state index contributed by atoms with van der Waals surface area (Å²) in [5, 5.41) is 0.505. The Morgan fingerprint density at radius 3 is 3.00 bits per heavy atom. The zero-order valence-corrected chi connectivity index (χ0v) is 10.6. The van der Waals surface area contributed by atoms with Gasteiger partial charge in [-0.2, -0.15) is 4.98 Å². The van der Waals surface area contributed by atoms with E-state index in [9.17, 15) is 0 Å². The average molecular weight is 258 g/mol. The molecule has 0 spiro atoms. The van der Waals surface area contributed by atoms with Gasteiger partial charge in [-0.3, -0.25) is 5.43 Å². The Hall–Kier alpha value is -1.11. The van der Waals surface area contributed by atoms with Gasteiger partial charge >= 0.3 is 0 Å². The van der Waals surface area contributed by atoms with E-state index in [1.54, 1.807) is 0 Å². The lowest BCUT2D eigenvalue weighted by molar-refractivity contribution is 0.118. The molecular weight excluding hydrogens is 242 g/mol. The van der Waals surface area contributed by atoms with Crippen LogP contribution in [0.5, 0.6) is 0 Å². The molecular formula is C10H16ClN5O. The summed E-state index contributed by atoms with van der Waals surface area (Å²) in [6.07, 6.45) is 2.67. The lowest BCUT2D eigenvalue weighted by Crippen LogP contribution is -2.37. The van der Waals surface area contributed by atoms with E-state index in [4.69, 9.17) is 22.2 Å². The van der Waals surface area contributed by atoms with Crippen molar-refractivity contribution in [2.75, 3.05) is 24.0 Å².